The van der Waals surface area contributed by atoms with E-state index in [-0.39, 0.29) is 0 Å². The molecule has 0 bridgehead atoms. The van der Waals surface area contributed by atoms with Gasteiger partial charge in [0.15, 0.2) is 0 Å². The summed E-state index contributed by atoms with van der Waals surface area (Å²) in [5, 5.41) is 10.9. The summed E-state index contributed by atoms with van der Waals surface area (Å²) in [6.07, 6.45) is 0. The van der Waals surface area contributed by atoms with Crippen LogP contribution in [-0.2, 0) is 17.9 Å². The van der Waals surface area contributed by atoms with Crippen LogP contribution >= 0.6 is 0 Å². The number of amides is 1. The van der Waals surface area contributed by atoms with Crippen LogP contribution in [0.3, 0.4) is 0 Å². The van der Waals surface area contributed by atoms with Crippen LogP contribution in [0.4, 0.5) is 0 Å². The van der Waals surface area contributed by atoms with Crippen molar-refractivity contribution >= 4 is 27.7 Å². The van der Waals surface area contributed by atoms with Crippen molar-refractivity contribution in [2.75, 3.05) is 7.11 Å². The Balaban J connectivity index is 1.97. The Kier molecular flexibility index (Phi) is 4.56. The number of nitrogens with two attached hydrogens (primary N) is 1. The molecule has 0 radical (unpaired) electrons. The van der Waals surface area contributed by atoms with Gasteiger partial charge in [0.2, 0.25) is 5.91 Å². The molecule has 28 heavy (non-hydrogen) atoms. The summed E-state index contributed by atoms with van der Waals surface area (Å²) in [5.41, 5.74) is 10.9. The molecule has 2 N–H and O–H groups in total. The molecule has 5 nitrogen and oxygen atoms in total. The van der Waals surface area contributed by atoms with Crippen LogP contribution < -0.4 is 5.73 Å². The largest absolute Gasteiger partial charge is 0.380 e. The van der Waals surface area contributed by atoms with Gasteiger partial charge >= 0.3 is 0 Å². The first-order valence-electron chi connectivity index (χ1n) is 8.94. The van der Waals surface area contributed by atoms with Crippen molar-refractivity contribution < 1.29 is 9.53 Å². The molecule has 5 heteroatoms. The zero-order valence-electron chi connectivity index (χ0n) is 15.5. The fourth-order valence-corrected chi connectivity index (χ4v) is 3.69. The van der Waals surface area contributed by atoms with Crippen molar-refractivity contribution in [3.63, 3.8) is 0 Å². The Labute approximate surface area is 162 Å². The van der Waals surface area contributed by atoms with Crippen LogP contribution in [-0.4, -0.2) is 17.6 Å². The van der Waals surface area contributed by atoms with Crippen molar-refractivity contribution in [1.82, 2.24) is 4.57 Å². The van der Waals surface area contributed by atoms with Crippen LogP contribution in [0.15, 0.2) is 60.7 Å². The van der Waals surface area contributed by atoms with Crippen molar-refractivity contribution in [2.45, 2.75) is 13.2 Å². The average molecular weight is 369 g/mol. The predicted molar refractivity (Wildman–Crippen MR) is 109 cm³/mol. The van der Waals surface area contributed by atoms with Gasteiger partial charge in [-0.25, -0.2) is 0 Å². The average Bonchev–Trinajstić information content (AvgIpc) is 3.02. The Bertz CT molecular complexity index is 1230. The topological polar surface area (TPSA) is 81.0 Å². The Hall–Kier alpha value is -3.62. The first-order valence-corrected chi connectivity index (χ1v) is 8.94. The van der Waals surface area contributed by atoms with E-state index in [0.717, 1.165) is 32.9 Å². The van der Waals surface area contributed by atoms with Crippen LogP contribution in [0.1, 0.15) is 27.0 Å². The van der Waals surface area contributed by atoms with Gasteiger partial charge in [0.25, 0.3) is 0 Å². The highest BCUT2D eigenvalue weighted by Crippen LogP contribution is 2.33. The minimum Gasteiger partial charge on any atom is -0.380 e. The van der Waals surface area contributed by atoms with E-state index < -0.39 is 5.91 Å². The molecular formula is C23H19N3O2. The number of nitriles is 1. The molecule has 0 spiro atoms. The number of aromatic nitrogens is 1. The molecule has 0 fully saturated rings. The molecular weight excluding hydrogens is 350 g/mol. The number of fused-ring (bicyclic) bond motifs is 3. The SMILES string of the molecule is COCc1ccc2c3c(C(N)=O)cccc3n(Cc3ccc(C#N)cc3)c2c1. The molecule has 0 saturated carbocycles. The fourth-order valence-electron chi connectivity index (χ4n) is 3.69. The maximum Gasteiger partial charge on any atom is 0.249 e. The lowest BCUT2D eigenvalue weighted by atomic mass is 10.0. The maximum atomic E-state index is 12.0. The van der Waals surface area contributed by atoms with Crippen LogP contribution in [0, 0.1) is 11.3 Å². The second-order valence-electron chi connectivity index (χ2n) is 6.74. The Morgan fingerprint density at radius 2 is 1.82 bits per heavy atom. The molecule has 3 aromatic carbocycles. The molecule has 0 atom stereocenters. The van der Waals surface area contributed by atoms with Gasteiger partial charge in [-0.1, -0.05) is 30.3 Å². The van der Waals surface area contributed by atoms with E-state index in [1.54, 1.807) is 13.2 Å². The Morgan fingerprint density at radius 3 is 2.50 bits per heavy atom. The predicted octanol–water partition coefficient (Wildman–Crippen LogP) is 3.96. The number of rotatable bonds is 5. The van der Waals surface area contributed by atoms with Gasteiger partial charge < -0.3 is 15.0 Å². The number of nitrogens with zero attached hydrogens (tertiary/aromatic N) is 2. The lowest BCUT2D eigenvalue weighted by Crippen LogP contribution is -2.11. The van der Waals surface area contributed by atoms with Crippen LogP contribution in [0.5, 0.6) is 0 Å². The van der Waals surface area contributed by atoms with Gasteiger partial charge in [0.05, 0.1) is 23.8 Å². The highest BCUT2D eigenvalue weighted by Gasteiger charge is 2.17. The van der Waals surface area contributed by atoms with E-state index in [1.807, 2.05) is 48.5 Å². The molecule has 1 heterocycles. The summed E-state index contributed by atoms with van der Waals surface area (Å²) in [6, 6.07) is 21.4. The van der Waals surface area contributed by atoms with Gasteiger partial charge in [-0.05, 0) is 41.5 Å². The van der Waals surface area contributed by atoms with Gasteiger partial charge in [-0.2, -0.15) is 5.26 Å². The summed E-state index contributed by atoms with van der Waals surface area (Å²) < 4.78 is 7.46. The number of benzene rings is 3. The smallest absolute Gasteiger partial charge is 0.249 e. The fraction of sp³-hybridized carbons (Fsp3) is 0.130. The molecule has 0 aliphatic heterocycles. The minimum absolute atomic E-state index is 0.441. The van der Waals surface area contributed by atoms with Crippen LogP contribution in [0.2, 0.25) is 0 Å². The van der Waals surface area contributed by atoms with E-state index in [0.29, 0.717) is 24.3 Å². The number of hydrogen-bond donors (Lipinski definition) is 1. The number of primary amides is 1. The maximum absolute atomic E-state index is 12.0. The molecule has 1 amide bonds. The summed E-state index contributed by atoms with van der Waals surface area (Å²) >= 11 is 0. The molecule has 4 aromatic rings. The molecule has 0 unspecified atom stereocenters. The monoisotopic (exact) mass is 369 g/mol. The second-order valence-corrected chi connectivity index (χ2v) is 6.74. The lowest BCUT2D eigenvalue weighted by molar-refractivity contribution is 0.100. The number of carbonyl (C=O) groups is 1. The quantitative estimate of drug-likeness (QED) is 0.578. The zero-order chi connectivity index (χ0) is 19.7. The van der Waals surface area contributed by atoms with Crippen LogP contribution in [0.25, 0.3) is 21.8 Å². The highest BCUT2D eigenvalue weighted by molar-refractivity contribution is 6.17. The van der Waals surface area contributed by atoms with Crippen molar-refractivity contribution in [3.05, 3.63) is 82.9 Å². The lowest BCUT2D eigenvalue weighted by Gasteiger charge is -2.09. The summed E-state index contributed by atoms with van der Waals surface area (Å²) in [6.45, 7) is 1.13. The van der Waals surface area contributed by atoms with Gasteiger partial charge in [-0.3, -0.25) is 4.79 Å². The zero-order valence-corrected chi connectivity index (χ0v) is 15.5. The summed E-state index contributed by atoms with van der Waals surface area (Å²) in [7, 11) is 1.67. The van der Waals surface area contributed by atoms with Gasteiger partial charge in [0.1, 0.15) is 0 Å². The molecule has 4 rings (SSSR count). The van der Waals surface area contributed by atoms with Gasteiger partial charge in [0, 0.05) is 35.5 Å². The third kappa shape index (κ3) is 3.00. The highest BCUT2D eigenvalue weighted by atomic mass is 16.5. The van der Waals surface area contributed by atoms with E-state index >= 15 is 0 Å². The van der Waals surface area contributed by atoms with Crippen molar-refractivity contribution in [3.8, 4) is 6.07 Å². The Morgan fingerprint density at radius 1 is 1.07 bits per heavy atom. The molecule has 0 saturated heterocycles. The molecule has 0 aliphatic rings. The minimum atomic E-state index is -0.441. The normalized spacial score (nSPS) is 11.0. The number of carbonyl (C=O) groups excluding carboxylic acids is 1. The first kappa shape index (κ1) is 17.8. The first-order chi connectivity index (χ1) is 13.6. The van der Waals surface area contributed by atoms with Crippen molar-refractivity contribution in [2.24, 2.45) is 5.73 Å². The standard InChI is InChI=1S/C23H19N3O2/c1-28-14-17-9-10-18-21(11-17)26(13-16-7-5-15(12-24)6-8-16)20-4-2-3-19(22(18)20)23(25)27/h2-11H,13-14H2,1H3,(H2,25,27). The van der Waals surface area contributed by atoms with E-state index in [1.165, 1.54) is 0 Å². The van der Waals surface area contributed by atoms with E-state index in [4.69, 9.17) is 15.7 Å². The number of ether oxygens (including phenoxy) is 1. The summed E-state index contributed by atoms with van der Waals surface area (Å²) in [4.78, 5) is 12.0. The summed E-state index contributed by atoms with van der Waals surface area (Å²) in [5.74, 6) is -0.441. The number of methoxy groups -OCH3 is 1. The number of hydrogen-bond acceptors (Lipinski definition) is 3. The van der Waals surface area contributed by atoms with Crippen molar-refractivity contribution in [1.29, 1.82) is 5.26 Å². The third-order valence-corrected chi connectivity index (χ3v) is 4.96. The molecule has 0 aliphatic carbocycles. The second kappa shape index (κ2) is 7.18. The van der Waals surface area contributed by atoms with E-state index in [9.17, 15) is 4.79 Å². The van der Waals surface area contributed by atoms with Gasteiger partial charge in [-0.15, -0.1) is 0 Å². The third-order valence-electron chi connectivity index (χ3n) is 4.96. The van der Waals surface area contributed by atoms with E-state index in [2.05, 4.69) is 16.7 Å². The molecule has 138 valence electrons. The molecule has 1 aromatic heterocycles.